The van der Waals surface area contributed by atoms with E-state index in [9.17, 15) is 4.79 Å². The highest BCUT2D eigenvalue weighted by molar-refractivity contribution is 6.05. The van der Waals surface area contributed by atoms with Gasteiger partial charge in [0.1, 0.15) is 0 Å². The smallest absolute Gasteiger partial charge is 0.271 e. The van der Waals surface area contributed by atoms with Crippen LogP contribution in [0.15, 0.2) is 48.8 Å². The summed E-state index contributed by atoms with van der Waals surface area (Å²) >= 11 is 0. The SMILES string of the molecule is C[C@H](Nc1c(C(N)=O)nnc2ccc(-c3ccc(OCCCN(C)C)nc3)cc12)c1ccn(C)n1. The van der Waals surface area contributed by atoms with Gasteiger partial charge in [-0.2, -0.15) is 5.10 Å². The van der Waals surface area contributed by atoms with E-state index in [0.717, 1.165) is 35.2 Å². The first kappa shape index (κ1) is 24.1. The number of anilines is 1. The van der Waals surface area contributed by atoms with Gasteiger partial charge in [-0.15, -0.1) is 10.2 Å². The minimum atomic E-state index is -0.655. The Morgan fingerprint density at radius 1 is 1.17 bits per heavy atom. The summed E-state index contributed by atoms with van der Waals surface area (Å²) in [6.45, 7) is 3.53. The molecule has 0 saturated heterocycles. The van der Waals surface area contributed by atoms with Gasteiger partial charge in [0.2, 0.25) is 5.88 Å². The monoisotopic (exact) mass is 474 g/mol. The van der Waals surface area contributed by atoms with Crippen molar-refractivity contribution in [3.63, 3.8) is 0 Å². The molecule has 3 heterocycles. The van der Waals surface area contributed by atoms with E-state index in [4.69, 9.17) is 10.5 Å². The van der Waals surface area contributed by atoms with Crippen molar-refractivity contribution >= 4 is 22.5 Å². The van der Waals surface area contributed by atoms with Crippen LogP contribution in [0.3, 0.4) is 0 Å². The number of rotatable bonds is 10. The van der Waals surface area contributed by atoms with Crippen molar-refractivity contribution in [3.05, 3.63) is 60.2 Å². The number of hydrogen-bond donors (Lipinski definition) is 2. The van der Waals surface area contributed by atoms with Gasteiger partial charge in [0, 0.05) is 43.0 Å². The Labute approximate surface area is 204 Å². The highest BCUT2D eigenvalue weighted by atomic mass is 16.5. The normalized spacial score (nSPS) is 12.1. The Hall–Kier alpha value is -4.05. The van der Waals surface area contributed by atoms with Crippen LogP contribution in [0.4, 0.5) is 5.69 Å². The standard InChI is InChI=1S/C25H30N8O2/c1-16(20-10-12-33(4)31-20)28-23-19-14-17(6-8-21(19)29-30-24(23)25(26)34)18-7-9-22(27-15-18)35-13-5-11-32(2)3/h6-10,12,14-16H,5,11,13H2,1-4H3,(H2,26,34)(H,28,29)/t16-/m0/s1. The molecule has 0 fully saturated rings. The van der Waals surface area contributed by atoms with E-state index in [1.807, 2.05) is 70.7 Å². The molecule has 1 amide bonds. The van der Waals surface area contributed by atoms with Crippen molar-refractivity contribution in [3.8, 4) is 17.0 Å². The van der Waals surface area contributed by atoms with Gasteiger partial charge < -0.3 is 20.7 Å². The molecule has 0 aliphatic heterocycles. The molecule has 10 heteroatoms. The molecule has 10 nitrogen and oxygen atoms in total. The number of nitrogens with two attached hydrogens (primary N) is 1. The van der Waals surface area contributed by atoms with Gasteiger partial charge in [-0.1, -0.05) is 6.07 Å². The molecule has 0 aliphatic rings. The first-order valence-electron chi connectivity index (χ1n) is 11.4. The van der Waals surface area contributed by atoms with E-state index in [-0.39, 0.29) is 11.7 Å². The molecule has 1 atom stereocenters. The second kappa shape index (κ2) is 10.5. The summed E-state index contributed by atoms with van der Waals surface area (Å²) in [5, 5.41) is 16.8. The number of primary amides is 1. The van der Waals surface area contributed by atoms with Crippen LogP contribution in [-0.2, 0) is 7.05 Å². The molecule has 0 radical (unpaired) electrons. The van der Waals surface area contributed by atoms with E-state index in [1.54, 1.807) is 10.9 Å². The minimum absolute atomic E-state index is 0.0806. The summed E-state index contributed by atoms with van der Waals surface area (Å²) < 4.78 is 7.47. The fourth-order valence-electron chi connectivity index (χ4n) is 3.75. The maximum atomic E-state index is 12.2. The van der Waals surface area contributed by atoms with Crippen LogP contribution in [0, 0.1) is 0 Å². The van der Waals surface area contributed by atoms with Crippen molar-refractivity contribution in [1.82, 2.24) is 29.9 Å². The zero-order chi connectivity index (χ0) is 24.9. The molecule has 0 aliphatic carbocycles. The molecular weight excluding hydrogens is 444 g/mol. The Bertz CT molecular complexity index is 1320. The van der Waals surface area contributed by atoms with Crippen LogP contribution >= 0.6 is 0 Å². The van der Waals surface area contributed by atoms with Crippen LogP contribution in [0.2, 0.25) is 0 Å². The summed E-state index contributed by atoms with van der Waals surface area (Å²) in [6.07, 6.45) is 4.57. The van der Waals surface area contributed by atoms with E-state index in [2.05, 4.69) is 30.5 Å². The van der Waals surface area contributed by atoms with Gasteiger partial charge in [-0.3, -0.25) is 9.48 Å². The van der Waals surface area contributed by atoms with Gasteiger partial charge >= 0.3 is 0 Å². The number of ether oxygens (including phenoxy) is 1. The lowest BCUT2D eigenvalue weighted by Gasteiger charge is -2.17. The lowest BCUT2D eigenvalue weighted by Crippen LogP contribution is -2.19. The Morgan fingerprint density at radius 3 is 2.63 bits per heavy atom. The molecular formula is C25H30N8O2. The quantitative estimate of drug-likeness (QED) is 0.336. The van der Waals surface area contributed by atoms with E-state index >= 15 is 0 Å². The molecule has 0 spiro atoms. The van der Waals surface area contributed by atoms with Crippen LogP contribution in [0.5, 0.6) is 5.88 Å². The lowest BCUT2D eigenvalue weighted by atomic mass is 10.0. The second-order valence-electron chi connectivity index (χ2n) is 8.69. The number of aromatic nitrogens is 5. The van der Waals surface area contributed by atoms with Gasteiger partial charge in [0.25, 0.3) is 5.91 Å². The van der Waals surface area contributed by atoms with Crippen LogP contribution in [0.25, 0.3) is 22.0 Å². The average molecular weight is 475 g/mol. The Kier molecular flexibility index (Phi) is 7.21. The summed E-state index contributed by atoms with van der Waals surface area (Å²) in [5.41, 5.74) is 9.53. The molecule has 35 heavy (non-hydrogen) atoms. The number of aryl methyl sites for hydroxylation is 1. The number of fused-ring (bicyclic) bond motifs is 1. The minimum Gasteiger partial charge on any atom is -0.478 e. The highest BCUT2D eigenvalue weighted by Crippen LogP contribution is 2.32. The first-order valence-corrected chi connectivity index (χ1v) is 11.4. The van der Waals surface area contributed by atoms with Gasteiger partial charge in [-0.05, 0) is 57.3 Å². The third-order valence-corrected chi connectivity index (χ3v) is 5.60. The largest absolute Gasteiger partial charge is 0.478 e. The highest BCUT2D eigenvalue weighted by Gasteiger charge is 2.19. The molecule has 4 rings (SSSR count). The fourth-order valence-corrected chi connectivity index (χ4v) is 3.75. The second-order valence-corrected chi connectivity index (χ2v) is 8.69. The van der Waals surface area contributed by atoms with Crippen molar-refractivity contribution in [2.24, 2.45) is 12.8 Å². The Morgan fingerprint density at radius 2 is 1.97 bits per heavy atom. The number of nitrogens with zero attached hydrogens (tertiary/aromatic N) is 6. The molecule has 3 N–H and O–H groups in total. The molecule has 0 unspecified atom stereocenters. The topological polar surface area (TPSA) is 124 Å². The molecule has 0 bridgehead atoms. The number of carbonyl (C=O) groups excluding carboxylic acids is 1. The van der Waals surface area contributed by atoms with Crippen molar-refractivity contribution < 1.29 is 9.53 Å². The number of benzene rings is 1. The maximum absolute atomic E-state index is 12.2. The predicted molar refractivity (Wildman–Crippen MR) is 135 cm³/mol. The number of pyridine rings is 1. The van der Waals surface area contributed by atoms with E-state index in [1.165, 1.54) is 0 Å². The molecule has 1 aromatic carbocycles. The van der Waals surface area contributed by atoms with Crippen LogP contribution in [0.1, 0.15) is 35.6 Å². The molecule has 3 aromatic heterocycles. The zero-order valence-corrected chi connectivity index (χ0v) is 20.4. The molecule has 182 valence electrons. The maximum Gasteiger partial charge on any atom is 0.271 e. The van der Waals surface area contributed by atoms with Crippen molar-refractivity contribution in [1.29, 1.82) is 0 Å². The number of amides is 1. The summed E-state index contributed by atoms with van der Waals surface area (Å²) in [5.74, 6) is -0.0697. The lowest BCUT2D eigenvalue weighted by molar-refractivity contribution is 0.0995. The molecule has 0 saturated carbocycles. The third-order valence-electron chi connectivity index (χ3n) is 5.60. The Balaban J connectivity index is 1.63. The summed E-state index contributed by atoms with van der Waals surface area (Å²) in [4.78, 5) is 18.7. The van der Waals surface area contributed by atoms with E-state index in [0.29, 0.717) is 23.7 Å². The van der Waals surface area contributed by atoms with Crippen LogP contribution < -0.4 is 15.8 Å². The average Bonchev–Trinajstić information content (AvgIpc) is 3.28. The van der Waals surface area contributed by atoms with Crippen molar-refractivity contribution in [2.75, 3.05) is 32.6 Å². The summed E-state index contributed by atoms with van der Waals surface area (Å²) in [6, 6.07) is 11.3. The van der Waals surface area contributed by atoms with Gasteiger partial charge in [0.05, 0.1) is 29.5 Å². The van der Waals surface area contributed by atoms with Gasteiger partial charge in [0.15, 0.2) is 5.69 Å². The van der Waals surface area contributed by atoms with Crippen molar-refractivity contribution in [2.45, 2.75) is 19.4 Å². The fraction of sp³-hybridized carbons (Fsp3) is 0.320. The first-order chi connectivity index (χ1) is 16.8. The van der Waals surface area contributed by atoms with Crippen LogP contribution in [-0.4, -0.2) is 63.0 Å². The van der Waals surface area contributed by atoms with Gasteiger partial charge in [-0.25, -0.2) is 4.98 Å². The third kappa shape index (κ3) is 5.72. The molecule has 4 aromatic rings. The van der Waals surface area contributed by atoms with E-state index < -0.39 is 5.91 Å². The number of carbonyl (C=O) groups is 1. The zero-order valence-electron chi connectivity index (χ0n) is 20.4. The number of hydrogen-bond acceptors (Lipinski definition) is 8. The summed E-state index contributed by atoms with van der Waals surface area (Å²) in [7, 11) is 5.93. The predicted octanol–water partition coefficient (Wildman–Crippen LogP) is 3.03. The number of nitrogens with one attached hydrogen (secondary N) is 1.